The monoisotopic (exact) mass is 248 g/mol. The number of amides is 1. The van der Waals surface area contributed by atoms with Crippen molar-refractivity contribution in [3.05, 3.63) is 23.4 Å². The zero-order chi connectivity index (χ0) is 13.1. The largest absolute Gasteiger partial charge is 0.354 e. The molecule has 1 fully saturated rings. The zero-order valence-electron chi connectivity index (χ0n) is 10.9. The van der Waals surface area contributed by atoms with Gasteiger partial charge in [0, 0.05) is 38.8 Å². The number of hydrogen-bond donors (Lipinski definition) is 2. The molecule has 1 aromatic rings. The number of anilines is 1. The van der Waals surface area contributed by atoms with Gasteiger partial charge in [-0.1, -0.05) is 0 Å². The van der Waals surface area contributed by atoms with Crippen LogP contribution in [0.2, 0.25) is 0 Å². The average Bonchev–Trinajstić information content (AvgIpc) is 2.76. The third kappa shape index (κ3) is 2.79. The van der Waals surface area contributed by atoms with Crippen molar-refractivity contribution in [3.63, 3.8) is 0 Å². The van der Waals surface area contributed by atoms with E-state index < -0.39 is 0 Å². The van der Waals surface area contributed by atoms with Crippen LogP contribution in [-0.4, -0.2) is 30.0 Å². The summed E-state index contributed by atoms with van der Waals surface area (Å²) in [7, 11) is 0. The number of nitrogens with zero attached hydrogens (tertiary/aromatic N) is 2. The standard InChI is InChI=1S/C13H20N4O/c1-9-5-11(6-14)7-15-13(9)17-4-3-12(8-17)16-10(2)18/h5,7,12H,3-4,6,8,14H2,1-2H3,(H,16,18). The number of carbonyl (C=O) groups excluding carboxylic acids is 1. The first-order valence-corrected chi connectivity index (χ1v) is 6.27. The van der Waals surface area contributed by atoms with Gasteiger partial charge in [-0.15, -0.1) is 0 Å². The van der Waals surface area contributed by atoms with Gasteiger partial charge in [0.15, 0.2) is 0 Å². The number of pyridine rings is 1. The van der Waals surface area contributed by atoms with Crippen molar-refractivity contribution >= 4 is 11.7 Å². The summed E-state index contributed by atoms with van der Waals surface area (Å²) in [5.41, 5.74) is 7.79. The summed E-state index contributed by atoms with van der Waals surface area (Å²) in [4.78, 5) is 17.7. The number of carbonyl (C=O) groups is 1. The maximum absolute atomic E-state index is 11.0. The molecule has 1 saturated heterocycles. The van der Waals surface area contributed by atoms with Crippen LogP contribution < -0.4 is 16.0 Å². The van der Waals surface area contributed by atoms with Gasteiger partial charge in [0.2, 0.25) is 5.91 Å². The summed E-state index contributed by atoms with van der Waals surface area (Å²) < 4.78 is 0. The second-order valence-corrected chi connectivity index (χ2v) is 4.82. The number of rotatable bonds is 3. The van der Waals surface area contributed by atoms with Crippen LogP contribution in [0.1, 0.15) is 24.5 Å². The van der Waals surface area contributed by atoms with E-state index >= 15 is 0 Å². The Morgan fingerprint density at radius 3 is 3.06 bits per heavy atom. The molecule has 1 aromatic heterocycles. The normalized spacial score (nSPS) is 19.1. The van der Waals surface area contributed by atoms with Crippen molar-refractivity contribution in [1.29, 1.82) is 0 Å². The highest BCUT2D eigenvalue weighted by atomic mass is 16.1. The molecule has 5 nitrogen and oxygen atoms in total. The molecule has 18 heavy (non-hydrogen) atoms. The van der Waals surface area contributed by atoms with E-state index in [0.29, 0.717) is 6.54 Å². The molecule has 1 aliphatic rings. The summed E-state index contributed by atoms with van der Waals surface area (Å²) in [6, 6.07) is 2.31. The van der Waals surface area contributed by atoms with Gasteiger partial charge in [-0.2, -0.15) is 0 Å². The summed E-state index contributed by atoms with van der Waals surface area (Å²) in [6.07, 6.45) is 2.80. The lowest BCUT2D eigenvalue weighted by Crippen LogP contribution is -2.35. The predicted octanol–water partition coefficient (Wildman–Crippen LogP) is 0.564. The molecule has 1 atom stereocenters. The average molecular weight is 248 g/mol. The van der Waals surface area contributed by atoms with E-state index in [1.807, 2.05) is 13.1 Å². The third-order valence-corrected chi connectivity index (χ3v) is 3.24. The summed E-state index contributed by atoms with van der Waals surface area (Å²) >= 11 is 0. The van der Waals surface area contributed by atoms with Crippen LogP contribution in [-0.2, 0) is 11.3 Å². The highest BCUT2D eigenvalue weighted by Gasteiger charge is 2.24. The molecule has 0 spiro atoms. The Labute approximate surface area is 107 Å². The van der Waals surface area contributed by atoms with E-state index in [2.05, 4.69) is 21.3 Å². The number of aryl methyl sites for hydroxylation is 1. The molecule has 0 bridgehead atoms. The molecule has 0 radical (unpaired) electrons. The minimum absolute atomic E-state index is 0.0324. The van der Waals surface area contributed by atoms with Crippen molar-refractivity contribution in [2.24, 2.45) is 5.73 Å². The lowest BCUT2D eigenvalue weighted by atomic mass is 10.2. The Morgan fingerprint density at radius 2 is 2.44 bits per heavy atom. The molecule has 98 valence electrons. The first kappa shape index (κ1) is 12.8. The molecular weight excluding hydrogens is 228 g/mol. The Balaban J connectivity index is 2.07. The van der Waals surface area contributed by atoms with Gasteiger partial charge >= 0.3 is 0 Å². The third-order valence-electron chi connectivity index (χ3n) is 3.24. The molecule has 3 N–H and O–H groups in total. The van der Waals surface area contributed by atoms with Crippen LogP contribution in [0.4, 0.5) is 5.82 Å². The van der Waals surface area contributed by atoms with Crippen LogP contribution in [0.25, 0.3) is 0 Å². The topological polar surface area (TPSA) is 71.2 Å². The van der Waals surface area contributed by atoms with E-state index in [1.54, 1.807) is 6.92 Å². The fraction of sp³-hybridized carbons (Fsp3) is 0.538. The van der Waals surface area contributed by atoms with E-state index in [1.165, 1.54) is 0 Å². The second kappa shape index (κ2) is 5.35. The number of nitrogens with one attached hydrogen (secondary N) is 1. The molecule has 0 aromatic carbocycles. The van der Waals surface area contributed by atoms with Crippen LogP contribution >= 0.6 is 0 Å². The van der Waals surface area contributed by atoms with Crippen molar-refractivity contribution in [3.8, 4) is 0 Å². The number of nitrogens with two attached hydrogens (primary N) is 1. The minimum Gasteiger partial charge on any atom is -0.354 e. The van der Waals surface area contributed by atoms with Crippen LogP contribution in [0.5, 0.6) is 0 Å². The van der Waals surface area contributed by atoms with E-state index in [-0.39, 0.29) is 11.9 Å². The zero-order valence-corrected chi connectivity index (χ0v) is 10.9. The molecule has 1 unspecified atom stereocenters. The molecule has 2 heterocycles. The van der Waals surface area contributed by atoms with Gasteiger partial charge < -0.3 is 16.0 Å². The SMILES string of the molecule is CC(=O)NC1CCN(c2ncc(CN)cc2C)C1. The van der Waals surface area contributed by atoms with Gasteiger partial charge in [-0.25, -0.2) is 4.98 Å². The van der Waals surface area contributed by atoms with Crippen molar-refractivity contribution in [2.45, 2.75) is 32.9 Å². The van der Waals surface area contributed by atoms with Crippen molar-refractivity contribution in [1.82, 2.24) is 10.3 Å². The fourth-order valence-electron chi connectivity index (χ4n) is 2.43. The van der Waals surface area contributed by atoms with Crippen molar-refractivity contribution in [2.75, 3.05) is 18.0 Å². The Morgan fingerprint density at radius 1 is 1.67 bits per heavy atom. The van der Waals surface area contributed by atoms with Gasteiger partial charge in [-0.05, 0) is 30.5 Å². The molecule has 1 aliphatic heterocycles. The van der Waals surface area contributed by atoms with E-state index in [9.17, 15) is 4.79 Å². The summed E-state index contributed by atoms with van der Waals surface area (Å²) in [5, 5.41) is 2.96. The highest BCUT2D eigenvalue weighted by Crippen LogP contribution is 2.22. The molecular formula is C13H20N4O. The van der Waals surface area contributed by atoms with E-state index in [4.69, 9.17) is 5.73 Å². The number of aromatic nitrogens is 1. The maximum Gasteiger partial charge on any atom is 0.217 e. The predicted molar refractivity (Wildman–Crippen MR) is 71.3 cm³/mol. The van der Waals surface area contributed by atoms with Gasteiger partial charge in [0.05, 0.1) is 0 Å². The van der Waals surface area contributed by atoms with Crippen LogP contribution in [0.3, 0.4) is 0 Å². The first-order valence-electron chi connectivity index (χ1n) is 6.27. The lowest BCUT2D eigenvalue weighted by molar-refractivity contribution is -0.119. The van der Waals surface area contributed by atoms with Crippen LogP contribution in [0.15, 0.2) is 12.3 Å². The molecule has 1 amide bonds. The smallest absolute Gasteiger partial charge is 0.217 e. The van der Waals surface area contributed by atoms with Crippen molar-refractivity contribution < 1.29 is 4.79 Å². The quantitative estimate of drug-likeness (QED) is 0.820. The fourth-order valence-corrected chi connectivity index (χ4v) is 2.43. The summed E-state index contributed by atoms with van der Waals surface area (Å²) in [5.74, 6) is 1.03. The van der Waals surface area contributed by atoms with Gasteiger partial charge in [0.25, 0.3) is 0 Å². The Kier molecular flexibility index (Phi) is 3.81. The molecule has 5 heteroatoms. The Hall–Kier alpha value is -1.62. The van der Waals surface area contributed by atoms with E-state index in [0.717, 1.165) is 36.5 Å². The number of hydrogen-bond acceptors (Lipinski definition) is 4. The summed E-state index contributed by atoms with van der Waals surface area (Å²) in [6.45, 7) is 5.88. The van der Waals surface area contributed by atoms with Gasteiger partial charge in [0.1, 0.15) is 5.82 Å². The Bertz CT molecular complexity index is 447. The molecule has 2 rings (SSSR count). The molecule has 0 saturated carbocycles. The highest BCUT2D eigenvalue weighted by molar-refractivity contribution is 5.73. The van der Waals surface area contributed by atoms with Crippen LogP contribution in [0, 0.1) is 6.92 Å². The first-order chi connectivity index (χ1) is 8.60. The lowest BCUT2D eigenvalue weighted by Gasteiger charge is -2.20. The van der Waals surface area contributed by atoms with Gasteiger partial charge in [-0.3, -0.25) is 4.79 Å². The maximum atomic E-state index is 11.0. The molecule has 0 aliphatic carbocycles. The second-order valence-electron chi connectivity index (χ2n) is 4.82. The minimum atomic E-state index is 0.0324.